The molecular weight excluding hydrogens is 238 g/mol. The first-order valence-electron chi connectivity index (χ1n) is 6.97. The van der Waals surface area contributed by atoms with Crippen molar-refractivity contribution in [3.05, 3.63) is 11.4 Å². The lowest BCUT2D eigenvalue weighted by Gasteiger charge is -2.29. The van der Waals surface area contributed by atoms with E-state index in [1.807, 2.05) is 13.8 Å². The standard InChI is InChI=1S/C14H27N5/c1-7-12-16-13(18-15)11(5)14(17-12)19(6)10(4)8-9(2)3/h9-10H,7-8,15H2,1-6H3,(H,16,17,18). The number of aryl methyl sites for hydroxylation is 1. The normalized spacial score (nSPS) is 12.6. The van der Waals surface area contributed by atoms with Gasteiger partial charge in [-0.05, 0) is 26.2 Å². The van der Waals surface area contributed by atoms with E-state index in [9.17, 15) is 0 Å². The molecule has 1 atom stereocenters. The number of nitrogens with two attached hydrogens (primary N) is 1. The van der Waals surface area contributed by atoms with Gasteiger partial charge in [-0.1, -0.05) is 20.8 Å². The van der Waals surface area contributed by atoms with Crippen LogP contribution in [0.4, 0.5) is 11.6 Å². The van der Waals surface area contributed by atoms with E-state index >= 15 is 0 Å². The van der Waals surface area contributed by atoms with E-state index in [2.05, 4.69) is 48.1 Å². The molecule has 3 N–H and O–H groups in total. The predicted molar refractivity (Wildman–Crippen MR) is 81.3 cm³/mol. The lowest BCUT2D eigenvalue weighted by molar-refractivity contribution is 0.501. The van der Waals surface area contributed by atoms with Crippen molar-refractivity contribution in [2.45, 2.75) is 53.5 Å². The van der Waals surface area contributed by atoms with Gasteiger partial charge >= 0.3 is 0 Å². The Kier molecular flexibility index (Phi) is 5.54. The highest BCUT2D eigenvalue weighted by Gasteiger charge is 2.18. The first kappa shape index (κ1) is 15.7. The Morgan fingerprint density at radius 1 is 1.26 bits per heavy atom. The summed E-state index contributed by atoms with van der Waals surface area (Å²) in [5, 5.41) is 0. The molecule has 19 heavy (non-hydrogen) atoms. The number of hydrogen-bond donors (Lipinski definition) is 2. The van der Waals surface area contributed by atoms with Crippen molar-refractivity contribution in [1.82, 2.24) is 9.97 Å². The van der Waals surface area contributed by atoms with Gasteiger partial charge in [0.25, 0.3) is 0 Å². The maximum Gasteiger partial charge on any atom is 0.148 e. The maximum absolute atomic E-state index is 5.54. The maximum atomic E-state index is 5.54. The van der Waals surface area contributed by atoms with Crippen LogP contribution in [0.1, 0.15) is 45.5 Å². The molecule has 0 bridgehead atoms. The van der Waals surface area contributed by atoms with Crippen molar-refractivity contribution in [3.8, 4) is 0 Å². The van der Waals surface area contributed by atoms with Crippen LogP contribution in [0, 0.1) is 12.8 Å². The van der Waals surface area contributed by atoms with Crippen molar-refractivity contribution in [2.24, 2.45) is 11.8 Å². The average Bonchev–Trinajstić information content (AvgIpc) is 2.37. The number of nitrogens with one attached hydrogen (secondary N) is 1. The molecule has 0 spiro atoms. The second-order valence-corrected chi connectivity index (χ2v) is 5.52. The molecule has 1 aromatic heterocycles. The molecule has 0 saturated heterocycles. The molecule has 0 radical (unpaired) electrons. The zero-order chi connectivity index (χ0) is 14.6. The van der Waals surface area contributed by atoms with Gasteiger partial charge in [0, 0.05) is 25.1 Å². The van der Waals surface area contributed by atoms with Gasteiger partial charge in [-0.3, -0.25) is 0 Å². The van der Waals surface area contributed by atoms with Gasteiger partial charge in [-0.2, -0.15) is 0 Å². The van der Waals surface area contributed by atoms with Crippen LogP contribution in [0.3, 0.4) is 0 Å². The highest BCUT2D eigenvalue weighted by atomic mass is 15.3. The minimum absolute atomic E-state index is 0.434. The number of hydrazine groups is 1. The fourth-order valence-electron chi connectivity index (χ4n) is 2.24. The van der Waals surface area contributed by atoms with Crippen molar-refractivity contribution >= 4 is 11.6 Å². The molecule has 0 saturated carbocycles. The van der Waals surface area contributed by atoms with Gasteiger partial charge in [-0.15, -0.1) is 0 Å². The van der Waals surface area contributed by atoms with Crippen LogP contribution in [0.5, 0.6) is 0 Å². The number of nitrogen functional groups attached to an aromatic ring is 1. The summed E-state index contributed by atoms with van der Waals surface area (Å²) in [6.45, 7) is 10.8. The summed E-state index contributed by atoms with van der Waals surface area (Å²) in [6.07, 6.45) is 1.93. The molecule has 0 aliphatic rings. The van der Waals surface area contributed by atoms with Crippen LogP contribution < -0.4 is 16.2 Å². The van der Waals surface area contributed by atoms with E-state index in [0.717, 1.165) is 30.0 Å². The number of nitrogens with zero attached hydrogens (tertiary/aromatic N) is 3. The molecule has 1 aromatic rings. The molecule has 108 valence electrons. The summed E-state index contributed by atoms with van der Waals surface area (Å²) < 4.78 is 0. The SMILES string of the molecule is CCc1nc(NN)c(C)c(N(C)C(C)CC(C)C)n1. The summed E-state index contributed by atoms with van der Waals surface area (Å²) in [4.78, 5) is 11.3. The molecule has 1 unspecified atom stereocenters. The van der Waals surface area contributed by atoms with Crippen LogP contribution in [0.15, 0.2) is 0 Å². The third-order valence-electron chi connectivity index (χ3n) is 3.43. The van der Waals surface area contributed by atoms with Crippen LogP contribution in [0.2, 0.25) is 0 Å². The Hall–Kier alpha value is -1.36. The molecule has 0 fully saturated rings. The highest BCUT2D eigenvalue weighted by Crippen LogP contribution is 2.25. The summed E-state index contributed by atoms with van der Waals surface area (Å²) >= 11 is 0. The first-order valence-corrected chi connectivity index (χ1v) is 6.97. The fourth-order valence-corrected chi connectivity index (χ4v) is 2.24. The lowest BCUT2D eigenvalue weighted by atomic mass is 10.0. The smallest absolute Gasteiger partial charge is 0.148 e. The minimum atomic E-state index is 0.434. The molecule has 5 heteroatoms. The summed E-state index contributed by atoms with van der Waals surface area (Å²) in [5.74, 6) is 8.70. The molecule has 1 rings (SSSR count). The molecule has 5 nitrogen and oxygen atoms in total. The van der Waals surface area contributed by atoms with Crippen LogP contribution in [-0.2, 0) is 6.42 Å². The highest BCUT2D eigenvalue weighted by molar-refractivity contribution is 5.58. The average molecular weight is 265 g/mol. The Bertz CT molecular complexity index is 417. The third kappa shape index (κ3) is 3.80. The van der Waals surface area contributed by atoms with E-state index in [4.69, 9.17) is 5.84 Å². The quantitative estimate of drug-likeness (QED) is 0.611. The second-order valence-electron chi connectivity index (χ2n) is 5.52. The van der Waals surface area contributed by atoms with Gasteiger partial charge < -0.3 is 10.3 Å². The van der Waals surface area contributed by atoms with E-state index < -0.39 is 0 Å². The number of aromatic nitrogens is 2. The second kappa shape index (κ2) is 6.70. The van der Waals surface area contributed by atoms with E-state index in [1.165, 1.54) is 0 Å². The van der Waals surface area contributed by atoms with Crippen molar-refractivity contribution in [3.63, 3.8) is 0 Å². The number of rotatable bonds is 6. The summed E-state index contributed by atoms with van der Waals surface area (Å²) in [6, 6.07) is 0.434. The molecule has 0 aromatic carbocycles. The fraction of sp³-hybridized carbons (Fsp3) is 0.714. The lowest BCUT2D eigenvalue weighted by Crippen LogP contribution is -2.32. The summed E-state index contributed by atoms with van der Waals surface area (Å²) in [5.41, 5.74) is 3.67. The first-order chi connectivity index (χ1) is 8.90. The third-order valence-corrected chi connectivity index (χ3v) is 3.43. The van der Waals surface area contributed by atoms with E-state index in [0.29, 0.717) is 17.8 Å². The molecule has 0 aliphatic heterocycles. The summed E-state index contributed by atoms with van der Waals surface area (Å²) in [7, 11) is 2.09. The van der Waals surface area contributed by atoms with E-state index in [1.54, 1.807) is 0 Å². The Labute approximate surface area is 116 Å². The van der Waals surface area contributed by atoms with Crippen LogP contribution >= 0.6 is 0 Å². The number of anilines is 2. The molecule has 0 amide bonds. The van der Waals surface area contributed by atoms with Gasteiger partial charge in [0.15, 0.2) is 0 Å². The Balaban J connectivity index is 3.10. The van der Waals surface area contributed by atoms with Gasteiger partial charge in [0.2, 0.25) is 0 Å². The predicted octanol–water partition coefficient (Wildman–Crippen LogP) is 2.50. The monoisotopic (exact) mass is 265 g/mol. The van der Waals surface area contributed by atoms with Gasteiger partial charge in [0.05, 0.1) is 0 Å². The topological polar surface area (TPSA) is 67.1 Å². The largest absolute Gasteiger partial charge is 0.357 e. The molecular formula is C14H27N5. The van der Waals surface area contributed by atoms with Gasteiger partial charge in [0.1, 0.15) is 17.5 Å². The van der Waals surface area contributed by atoms with Crippen molar-refractivity contribution < 1.29 is 0 Å². The van der Waals surface area contributed by atoms with Crippen LogP contribution in [-0.4, -0.2) is 23.1 Å². The Morgan fingerprint density at radius 2 is 1.89 bits per heavy atom. The minimum Gasteiger partial charge on any atom is -0.357 e. The van der Waals surface area contributed by atoms with Crippen molar-refractivity contribution in [2.75, 3.05) is 17.4 Å². The zero-order valence-corrected chi connectivity index (χ0v) is 13.0. The van der Waals surface area contributed by atoms with Gasteiger partial charge in [-0.25, -0.2) is 15.8 Å². The van der Waals surface area contributed by atoms with Crippen LogP contribution in [0.25, 0.3) is 0 Å². The Morgan fingerprint density at radius 3 is 2.37 bits per heavy atom. The number of hydrogen-bond acceptors (Lipinski definition) is 5. The molecule has 1 heterocycles. The van der Waals surface area contributed by atoms with E-state index in [-0.39, 0.29) is 0 Å². The van der Waals surface area contributed by atoms with Crippen molar-refractivity contribution in [1.29, 1.82) is 0 Å². The zero-order valence-electron chi connectivity index (χ0n) is 13.0. The molecule has 0 aliphatic carbocycles.